The van der Waals surface area contributed by atoms with E-state index in [1.807, 2.05) is 20.8 Å². The standard InChI is InChI=1S/C16H30O4S/c1-7-12(8-2)16(5,14(19)20-6)11-15(4,9-3)21-10-13(17)18/h12H,7-11H2,1-6H3,(H,17,18). The van der Waals surface area contributed by atoms with E-state index < -0.39 is 11.4 Å². The van der Waals surface area contributed by atoms with Crippen LogP contribution in [-0.2, 0) is 14.3 Å². The molecule has 0 saturated carbocycles. The molecule has 5 heteroatoms. The molecule has 0 heterocycles. The maximum Gasteiger partial charge on any atom is 0.313 e. The van der Waals surface area contributed by atoms with Crippen LogP contribution < -0.4 is 0 Å². The third-order valence-corrected chi connectivity index (χ3v) is 6.09. The summed E-state index contributed by atoms with van der Waals surface area (Å²) in [6.45, 7) is 10.2. The van der Waals surface area contributed by atoms with Gasteiger partial charge in [0, 0.05) is 4.75 Å². The molecule has 0 fully saturated rings. The zero-order valence-electron chi connectivity index (χ0n) is 14.2. The summed E-state index contributed by atoms with van der Waals surface area (Å²) in [6.07, 6.45) is 3.27. The van der Waals surface area contributed by atoms with Gasteiger partial charge in [-0.15, -0.1) is 11.8 Å². The average Bonchev–Trinajstić information content (AvgIpc) is 2.45. The Morgan fingerprint density at radius 2 is 1.71 bits per heavy atom. The van der Waals surface area contributed by atoms with E-state index in [1.54, 1.807) is 0 Å². The van der Waals surface area contributed by atoms with Crippen molar-refractivity contribution in [3.05, 3.63) is 0 Å². The molecular weight excluding hydrogens is 288 g/mol. The van der Waals surface area contributed by atoms with Crippen molar-refractivity contribution in [3.8, 4) is 0 Å². The highest BCUT2D eigenvalue weighted by atomic mass is 32.2. The number of thioether (sulfide) groups is 1. The quantitative estimate of drug-likeness (QED) is 0.617. The van der Waals surface area contributed by atoms with Gasteiger partial charge in [-0.2, -0.15) is 0 Å². The van der Waals surface area contributed by atoms with E-state index in [4.69, 9.17) is 9.84 Å². The summed E-state index contributed by atoms with van der Waals surface area (Å²) in [5.41, 5.74) is -0.575. The molecule has 4 nitrogen and oxygen atoms in total. The lowest BCUT2D eigenvalue weighted by Crippen LogP contribution is -2.42. The highest BCUT2D eigenvalue weighted by Crippen LogP contribution is 2.46. The average molecular weight is 318 g/mol. The first-order valence-electron chi connectivity index (χ1n) is 7.63. The van der Waals surface area contributed by atoms with Crippen molar-refractivity contribution in [2.45, 2.75) is 65.0 Å². The number of hydrogen-bond donors (Lipinski definition) is 1. The van der Waals surface area contributed by atoms with Gasteiger partial charge in [0.2, 0.25) is 0 Å². The first kappa shape index (κ1) is 20.3. The molecule has 0 rings (SSSR count). The summed E-state index contributed by atoms with van der Waals surface area (Å²) >= 11 is 1.42. The minimum atomic E-state index is -0.818. The summed E-state index contributed by atoms with van der Waals surface area (Å²) in [5.74, 6) is -0.708. The van der Waals surface area contributed by atoms with E-state index in [-0.39, 0.29) is 22.4 Å². The van der Waals surface area contributed by atoms with Crippen molar-refractivity contribution < 1.29 is 19.4 Å². The number of esters is 1. The van der Waals surface area contributed by atoms with Gasteiger partial charge in [0.1, 0.15) is 0 Å². The van der Waals surface area contributed by atoms with Gasteiger partial charge in [-0.3, -0.25) is 9.59 Å². The van der Waals surface area contributed by atoms with Crippen LogP contribution in [0.3, 0.4) is 0 Å². The zero-order chi connectivity index (χ0) is 16.7. The summed E-state index contributed by atoms with van der Waals surface area (Å²) in [7, 11) is 1.43. The Hall–Kier alpha value is -0.710. The molecule has 0 aromatic rings. The molecule has 0 radical (unpaired) electrons. The van der Waals surface area contributed by atoms with Crippen LogP contribution in [0.1, 0.15) is 60.3 Å². The number of aliphatic carboxylic acids is 1. The number of hydrogen-bond acceptors (Lipinski definition) is 4. The maximum absolute atomic E-state index is 12.4. The molecule has 0 aromatic carbocycles. The molecule has 0 saturated heterocycles. The number of rotatable bonds is 10. The largest absolute Gasteiger partial charge is 0.481 e. The molecule has 0 aromatic heterocycles. The predicted molar refractivity (Wildman–Crippen MR) is 87.6 cm³/mol. The Bertz CT molecular complexity index is 354. The lowest BCUT2D eigenvalue weighted by atomic mass is 9.68. The van der Waals surface area contributed by atoms with Crippen molar-refractivity contribution in [3.63, 3.8) is 0 Å². The monoisotopic (exact) mass is 318 g/mol. The Kier molecular flexibility index (Phi) is 8.37. The molecule has 0 aliphatic heterocycles. The molecule has 2 unspecified atom stereocenters. The lowest BCUT2D eigenvalue weighted by Gasteiger charge is -2.41. The van der Waals surface area contributed by atoms with Gasteiger partial charge in [0.15, 0.2) is 0 Å². The van der Waals surface area contributed by atoms with E-state index in [0.717, 1.165) is 19.3 Å². The first-order valence-corrected chi connectivity index (χ1v) is 8.61. The molecule has 0 amide bonds. The van der Waals surface area contributed by atoms with Crippen LogP contribution in [0.15, 0.2) is 0 Å². The van der Waals surface area contributed by atoms with Gasteiger partial charge in [-0.1, -0.05) is 40.5 Å². The third-order valence-electron chi connectivity index (χ3n) is 4.57. The number of carbonyl (C=O) groups excluding carboxylic acids is 1. The Morgan fingerprint density at radius 1 is 1.19 bits per heavy atom. The Labute approximate surface area is 133 Å². The highest BCUT2D eigenvalue weighted by Gasteiger charge is 2.45. The second kappa shape index (κ2) is 8.66. The van der Waals surface area contributed by atoms with E-state index in [9.17, 15) is 9.59 Å². The fourth-order valence-electron chi connectivity index (χ4n) is 3.10. The van der Waals surface area contributed by atoms with Crippen LogP contribution in [0.25, 0.3) is 0 Å². The summed E-state index contributed by atoms with van der Waals surface area (Å²) in [5, 5.41) is 8.92. The number of methoxy groups -OCH3 is 1. The SMILES string of the molecule is CCC(CC)C(C)(CC(C)(CC)SCC(=O)O)C(=O)OC. The van der Waals surface area contributed by atoms with E-state index in [2.05, 4.69) is 13.8 Å². The molecule has 0 aliphatic rings. The van der Waals surface area contributed by atoms with Crippen LogP contribution in [0.4, 0.5) is 0 Å². The second-order valence-corrected chi connectivity index (χ2v) is 7.65. The van der Waals surface area contributed by atoms with E-state index in [1.165, 1.54) is 18.9 Å². The van der Waals surface area contributed by atoms with Crippen molar-refractivity contribution >= 4 is 23.7 Å². The molecule has 124 valence electrons. The number of ether oxygens (including phenoxy) is 1. The normalized spacial score (nSPS) is 17.1. The second-order valence-electron chi connectivity index (χ2n) is 6.09. The minimum Gasteiger partial charge on any atom is -0.481 e. The molecule has 1 N–H and O–H groups in total. The van der Waals surface area contributed by atoms with Crippen LogP contribution in [-0.4, -0.2) is 34.7 Å². The topological polar surface area (TPSA) is 63.6 Å². The van der Waals surface area contributed by atoms with Crippen molar-refractivity contribution in [1.29, 1.82) is 0 Å². The van der Waals surface area contributed by atoms with Crippen molar-refractivity contribution in [1.82, 2.24) is 0 Å². The van der Waals surface area contributed by atoms with Gasteiger partial charge in [0.25, 0.3) is 0 Å². The summed E-state index contributed by atoms with van der Waals surface area (Å²) in [4.78, 5) is 23.2. The molecule has 2 atom stereocenters. The number of carboxylic acids is 1. The first-order chi connectivity index (χ1) is 9.69. The minimum absolute atomic E-state index is 0.0600. The molecular formula is C16H30O4S. The van der Waals surface area contributed by atoms with Gasteiger partial charge < -0.3 is 9.84 Å². The van der Waals surface area contributed by atoms with Crippen LogP contribution in [0.5, 0.6) is 0 Å². The number of carboxylic acid groups (broad SMARTS) is 1. The fourth-order valence-corrected chi connectivity index (χ4v) is 4.17. The Morgan fingerprint density at radius 3 is 2.05 bits per heavy atom. The molecule has 21 heavy (non-hydrogen) atoms. The lowest BCUT2D eigenvalue weighted by molar-refractivity contribution is -0.156. The highest BCUT2D eigenvalue weighted by molar-refractivity contribution is 8.01. The molecule has 0 spiro atoms. The van der Waals surface area contributed by atoms with Crippen LogP contribution in [0, 0.1) is 11.3 Å². The maximum atomic E-state index is 12.4. The van der Waals surface area contributed by atoms with Gasteiger partial charge in [-0.05, 0) is 25.7 Å². The summed E-state index contributed by atoms with van der Waals surface area (Å²) < 4.78 is 4.81. The smallest absolute Gasteiger partial charge is 0.313 e. The van der Waals surface area contributed by atoms with Gasteiger partial charge in [0.05, 0.1) is 18.3 Å². The van der Waals surface area contributed by atoms with Gasteiger partial charge in [-0.25, -0.2) is 0 Å². The number of carbonyl (C=O) groups is 2. The summed E-state index contributed by atoms with van der Waals surface area (Å²) in [6, 6.07) is 0. The van der Waals surface area contributed by atoms with Crippen LogP contribution >= 0.6 is 11.8 Å². The van der Waals surface area contributed by atoms with Crippen molar-refractivity contribution in [2.75, 3.05) is 12.9 Å². The Balaban J connectivity index is 5.34. The predicted octanol–water partition coefficient (Wildman–Crippen LogP) is 3.98. The third kappa shape index (κ3) is 5.53. The van der Waals surface area contributed by atoms with Crippen molar-refractivity contribution in [2.24, 2.45) is 11.3 Å². The van der Waals surface area contributed by atoms with Crippen LogP contribution in [0.2, 0.25) is 0 Å². The molecule has 0 bridgehead atoms. The zero-order valence-corrected chi connectivity index (χ0v) is 15.0. The molecule has 0 aliphatic carbocycles. The fraction of sp³-hybridized carbons (Fsp3) is 0.875. The van der Waals surface area contributed by atoms with E-state index in [0.29, 0.717) is 6.42 Å². The van der Waals surface area contributed by atoms with Gasteiger partial charge >= 0.3 is 11.9 Å². The van der Waals surface area contributed by atoms with E-state index >= 15 is 0 Å².